The summed E-state index contributed by atoms with van der Waals surface area (Å²) in [6.07, 6.45) is 6.94. The molecule has 0 saturated heterocycles. The van der Waals surface area contributed by atoms with Crippen LogP contribution >= 0.6 is 11.6 Å². The molecule has 1 aliphatic rings. The third kappa shape index (κ3) is 3.06. The Morgan fingerprint density at radius 2 is 2.00 bits per heavy atom. The number of carbonyl (C=O) groups is 1. The van der Waals surface area contributed by atoms with Crippen LogP contribution in [0, 0.1) is 5.92 Å². The van der Waals surface area contributed by atoms with Crippen LogP contribution in [-0.4, -0.2) is 21.9 Å². The van der Waals surface area contributed by atoms with Crippen LogP contribution in [0.1, 0.15) is 25.7 Å². The van der Waals surface area contributed by atoms with Crippen LogP contribution < -0.4 is 11.1 Å². The summed E-state index contributed by atoms with van der Waals surface area (Å²) >= 11 is 5.71. The summed E-state index contributed by atoms with van der Waals surface area (Å²) in [5.41, 5.74) is 5.39. The van der Waals surface area contributed by atoms with Crippen molar-refractivity contribution in [3.8, 4) is 0 Å². The molecule has 0 aromatic carbocycles. The minimum atomic E-state index is -0.254. The summed E-state index contributed by atoms with van der Waals surface area (Å²) in [5, 5.41) is 3.65. The fraction of sp³-hybridized carbons (Fsp3) is 0.545. The number of anilines is 1. The SMILES string of the molecule is NC(=O)[C@H]1CCCC[C@@H]1Nc1ncc(Cl)cn1. The van der Waals surface area contributed by atoms with Crippen LogP contribution in [0.15, 0.2) is 12.4 Å². The molecular formula is C11H15ClN4O. The molecule has 1 heterocycles. The Labute approximate surface area is 105 Å². The van der Waals surface area contributed by atoms with Crippen molar-refractivity contribution in [3.63, 3.8) is 0 Å². The molecule has 1 saturated carbocycles. The van der Waals surface area contributed by atoms with E-state index in [1.807, 2.05) is 0 Å². The Hall–Kier alpha value is -1.36. The molecule has 92 valence electrons. The molecule has 0 aliphatic heterocycles. The molecule has 3 N–H and O–H groups in total. The highest BCUT2D eigenvalue weighted by Gasteiger charge is 2.29. The van der Waals surface area contributed by atoms with Gasteiger partial charge < -0.3 is 11.1 Å². The molecule has 0 spiro atoms. The Morgan fingerprint density at radius 1 is 1.35 bits per heavy atom. The third-order valence-electron chi connectivity index (χ3n) is 3.07. The average Bonchev–Trinajstić information content (AvgIpc) is 2.32. The van der Waals surface area contributed by atoms with E-state index < -0.39 is 0 Å². The molecule has 1 aromatic heterocycles. The second-order valence-electron chi connectivity index (χ2n) is 4.27. The van der Waals surface area contributed by atoms with Gasteiger partial charge in [-0.25, -0.2) is 9.97 Å². The normalized spacial score (nSPS) is 24.3. The molecule has 2 rings (SSSR count). The monoisotopic (exact) mass is 254 g/mol. The van der Waals surface area contributed by atoms with Gasteiger partial charge in [0, 0.05) is 6.04 Å². The van der Waals surface area contributed by atoms with Crippen molar-refractivity contribution in [2.45, 2.75) is 31.7 Å². The van der Waals surface area contributed by atoms with E-state index in [2.05, 4.69) is 15.3 Å². The number of nitrogens with two attached hydrogens (primary N) is 1. The number of aromatic nitrogens is 2. The van der Waals surface area contributed by atoms with E-state index in [0.717, 1.165) is 25.7 Å². The predicted octanol–water partition coefficient (Wildman–Crippen LogP) is 1.59. The predicted molar refractivity (Wildman–Crippen MR) is 65.6 cm³/mol. The highest BCUT2D eigenvalue weighted by Crippen LogP contribution is 2.26. The maximum atomic E-state index is 11.3. The van der Waals surface area contributed by atoms with Gasteiger partial charge in [0.2, 0.25) is 11.9 Å². The van der Waals surface area contributed by atoms with Gasteiger partial charge in [0.25, 0.3) is 0 Å². The van der Waals surface area contributed by atoms with Crippen LogP contribution in [-0.2, 0) is 4.79 Å². The Bertz CT molecular complexity index is 395. The standard InChI is InChI=1S/C11H15ClN4O/c12-7-5-14-11(15-6-7)16-9-4-2-1-3-8(9)10(13)17/h5-6,8-9H,1-4H2,(H2,13,17)(H,14,15,16)/t8-,9-/m0/s1. The van der Waals surface area contributed by atoms with Crippen molar-refractivity contribution < 1.29 is 4.79 Å². The lowest BCUT2D eigenvalue weighted by atomic mass is 9.84. The lowest BCUT2D eigenvalue weighted by Gasteiger charge is -2.29. The van der Waals surface area contributed by atoms with E-state index in [1.165, 1.54) is 12.4 Å². The van der Waals surface area contributed by atoms with Crippen LogP contribution in [0.2, 0.25) is 5.02 Å². The van der Waals surface area contributed by atoms with E-state index in [1.54, 1.807) is 0 Å². The molecule has 17 heavy (non-hydrogen) atoms. The number of hydrogen-bond acceptors (Lipinski definition) is 4. The Balaban J connectivity index is 2.05. The largest absolute Gasteiger partial charge is 0.369 e. The van der Waals surface area contributed by atoms with Gasteiger partial charge in [0.05, 0.1) is 23.3 Å². The molecule has 1 aliphatic carbocycles. The van der Waals surface area contributed by atoms with Crippen molar-refractivity contribution in [1.29, 1.82) is 0 Å². The third-order valence-corrected chi connectivity index (χ3v) is 3.26. The summed E-state index contributed by atoms with van der Waals surface area (Å²) in [6, 6.07) is 0.0300. The number of carbonyl (C=O) groups excluding carboxylic acids is 1. The van der Waals surface area contributed by atoms with E-state index >= 15 is 0 Å². The summed E-state index contributed by atoms with van der Waals surface area (Å²) in [4.78, 5) is 19.4. The van der Waals surface area contributed by atoms with E-state index in [9.17, 15) is 4.79 Å². The molecule has 1 fully saturated rings. The number of primary amides is 1. The van der Waals surface area contributed by atoms with Crippen LogP contribution in [0.5, 0.6) is 0 Å². The van der Waals surface area contributed by atoms with E-state index in [4.69, 9.17) is 17.3 Å². The number of rotatable bonds is 3. The summed E-state index contributed by atoms with van der Waals surface area (Å²) in [7, 11) is 0. The molecule has 1 amide bonds. The first-order valence-electron chi connectivity index (χ1n) is 5.70. The fourth-order valence-corrected chi connectivity index (χ4v) is 2.29. The molecular weight excluding hydrogens is 240 g/mol. The average molecular weight is 255 g/mol. The number of halogens is 1. The fourth-order valence-electron chi connectivity index (χ4n) is 2.20. The second kappa shape index (κ2) is 5.31. The van der Waals surface area contributed by atoms with Crippen molar-refractivity contribution in [2.75, 3.05) is 5.32 Å². The topological polar surface area (TPSA) is 80.9 Å². The van der Waals surface area contributed by atoms with Crippen LogP contribution in [0.3, 0.4) is 0 Å². The first-order chi connectivity index (χ1) is 8.16. The van der Waals surface area contributed by atoms with Gasteiger partial charge in [-0.3, -0.25) is 4.79 Å². The zero-order valence-electron chi connectivity index (χ0n) is 9.40. The molecule has 0 radical (unpaired) electrons. The maximum absolute atomic E-state index is 11.3. The minimum Gasteiger partial charge on any atom is -0.369 e. The second-order valence-corrected chi connectivity index (χ2v) is 4.71. The molecule has 6 heteroatoms. The van der Waals surface area contributed by atoms with Crippen molar-refractivity contribution >= 4 is 23.5 Å². The van der Waals surface area contributed by atoms with E-state index in [0.29, 0.717) is 11.0 Å². The lowest BCUT2D eigenvalue weighted by Crippen LogP contribution is -2.40. The Kier molecular flexibility index (Phi) is 3.78. The number of nitrogens with one attached hydrogen (secondary N) is 1. The first-order valence-corrected chi connectivity index (χ1v) is 6.08. The zero-order chi connectivity index (χ0) is 12.3. The highest BCUT2D eigenvalue weighted by molar-refractivity contribution is 6.30. The summed E-state index contributed by atoms with van der Waals surface area (Å²) in [5.74, 6) is 0.103. The summed E-state index contributed by atoms with van der Waals surface area (Å²) < 4.78 is 0. The van der Waals surface area contributed by atoms with Crippen molar-refractivity contribution in [1.82, 2.24) is 9.97 Å². The maximum Gasteiger partial charge on any atom is 0.222 e. The van der Waals surface area contributed by atoms with Gasteiger partial charge in [-0.1, -0.05) is 24.4 Å². The van der Waals surface area contributed by atoms with E-state index in [-0.39, 0.29) is 17.9 Å². The Morgan fingerprint density at radius 3 is 2.65 bits per heavy atom. The van der Waals surface area contributed by atoms with Gasteiger partial charge in [0.15, 0.2) is 0 Å². The quantitative estimate of drug-likeness (QED) is 0.858. The zero-order valence-corrected chi connectivity index (χ0v) is 10.2. The van der Waals surface area contributed by atoms with Gasteiger partial charge in [-0.2, -0.15) is 0 Å². The minimum absolute atomic E-state index is 0.0300. The van der Waals surface area contributed by atoms with Gasteiger partial charge >= 0.3 is 0 Å². The van der Waals surface area contributed by atoms with Crippen LogP contribution in [0.4, 0.5) is 5.95 Å². The molecule has 0 bridgehead atoms. The van der Waals surface area contributed by atoms with Gasteiger partial charge in [-0.15, -0.1) is 0 Å². The highest BCUT2D eigenvalue weighted by atomic mass is 35.5. The summed E-state index contributed by atoms with van der Waals surface area (Å²) in [6.45, 7) is 0. The van der Waals surface area contributed by atoms with Gasteiger partial charge in [-0.05, 0) is 12.8 Å². The number of hydrogen-bond donors (Lipinski definition) is 2. The smallest absolute Gasteiger partial charge is 0.222 e. The molecule has 5 nitrogen and oxygen atoms in total. The van der Waals surface area contributed by atoms with Crippen molar-refractivity contribution in [3.05, 3.63) is 17.4 Å². The molecule has 0 unspecified atom stereocenters. The molecule has 1 aromatic rings. The molecule has 2 atom stereocenters. The first kappa shape index (κ1) is 12.1. The van der Waals surface area contributed by atoms with Crippen molar-refractivity contribution in [2.24, 2.45) is 11.7 Å². The van der Waals surface area contributed by atoms with Gasteiger partial charge in [0.1, 0.15) is 0 Å². The van der Waals surface area contributed by atoms with Crippen LogP contribution in [0.25, 0.3) is 0 Å². The number of nitrogens with zero attached hydrogens (tertiary/aromatic N) is 2. The lowest BCUT2D eigenvalue weighted by molar-refractivity contribution is -0.122. The number of amides is 1.